The largest absolute Gasteiger partial charge is 0.316 e. The highest BCUT2D eigenvalue weighted by molar-refractivity contribution is 5.85. The Morgan fingerprint density at radius 3 is 1.94 bits per heavy atom. The summed E-state index contributed by atoms with van der Waals surface area (Å²) in [6.07, 6.45) is 5.81. The third kappa shape index (κ3) is 4.37. The SMILES string of the molecule is C1CNCC(CN2CCN(CC3CC3)CC2)C1.Cl. The van der Waals surface area contributed by atoms with E-state index in [-0.39, 0.29) is 12.4 Å². The topological polar surface area (TPSA) is 18.5 Å². The maximum atomic E-state index is 3.53. The van der Waals surface area contributed by atoms with Crippen LogP contribution in [0.4, 0.5) is 0 Å². The van der Waals surface area contributed by atoms with Crippen molar-refractivity contribution in [3.63, 3.8) is 0 Å². The third-order valence-corrected chi connectivity index (χ3v) is 4.59. The summed E-state index contributed by atoms with van der Waals surface area (Å²) in [7, 11) is 0. The number of hydrogen-bond donors (Lipinski definition) is 1. The van der Waals surface area contributed by atoms with Crippen LogP contribution in [-0.2, 0) is 0 Å². The molecule has 4 heteroatoms. The lowest BCUT2D eigenvalue weighted by Gasteiger charge is -2.37. The number of rotatable bonds is 4. The van der Waals surface area contributed by atoms with Crippen molar-refractivity contribution in [3.05, 3.63) is 0 Å². The van der Waals surface area contributed by atoms with E-state index < -0.39 is 0 Å². The average molecular weight is 274 g/mol. The molecule has 18 heavy (non-hydrogen) atoms. The van der Waals surface area contributed by atoms with Gasteiger partial charge in [-0.15, -0.1) is 12.4 Å². The second kappa shape index (κ2) is 7.09. The van der Waals surface area contributed by atoms with Gasteiger partial charge in [-0.25, -0.2) is 0 Å². The standard InChI is InChI=1S/C14H27N3.ClH/c1-2-14(10-15-5-1)12-17-8-6-16(7-9-17)11-13-3-4-13;/h13-15H,1-12H2;1H. The fourth-order valence-electron chi connectivity index (χ4n) is 3.26. The quantitative estimate of drug-likeness (QED) is 0.836. The molecule has 1 unspecified atom stereocenters. The van der Waals surface area contributed by atoms with Crippen LogP contribution in [0.5, 0.6) is 0 Å². The van der Waals surface area contributed by atoms with E-state index in [1.807, 2.05) is 0 Å². The molecule has 106 valence electrons. The summed E-state index contributed by atoms with van der Waals surface area (Å²) in [5.74, 6) is 1.97. The summed E-state index contributed by atoms with van der Waals surface area (Å²) in [4.78, 5) is 5.38. The molecule has 1 N–H and O–H groups in total. The molecule has 2 aliphatic heterocycles. The van der Waals surface area contributed by atoms with E-state index in [1.165, 1.54) is 78.0 Å². The van der Waals surface area contributed by atoms with Gasteiger partial charge in [0.1, 0.15) is 0 Å². The molecule has 1 aliphatic carbocycles. The highest BCUT2D eigenvalue weighted by atomic mass is 35.5. The summed E-state index contributed by atoms with van der Waals surface area (Å²) in [6.45, 7) is 10.5. The van der Waals surface area contributed by atoms with Gasteiger partial charge in [0, 0.05) is 39.3 Å². The van der Waals surface area contributed by atoms with Gasteiger partial charge in [-0.1, -0.05) is 0 Å². The third-order valence-electron chi connectivity index (χ3n) is 4.59. The van der Waals surface area contributed by atoms with Gasteiger partial charge in [-0.2, -0.15) is 0 Å². The van der Waals surface area contributed by atoms with Crippen molar-refractivity contribution in [3.8, 4) is 0 Å². The zero-order chi connectivity index (χ0) is 11.5. The molecule has 3 fully saturated rings. The first-order valence-electron chi connectivity index (χ1n) is 7.55. The summed E-state index contributed by atoms with van der Waals surface area (Å²) in [5.41, 5.74) is 0. The summed E-state index contributed by atoms with van der Waals surface area (Å²) < 4.78 is 0. The van der Waals surface area contributed by atoms with E-state index in [0.717, 1.165) is 11.8 Å². The van der Waals surface area contributed by atoms with Crippen molar-refractivity contribution in [2.24, 2.45) is 11.8 Å². The molecule has 0 aromatic rings. The van der Waals surface area contributed by atoms with Crippen LogP contribution in [0.1, 0.15) is 25.7 Å². The highest BCUT2D eigenvalue weighted by Crippen LogP contribution is 2.29. The molecule has 3 rings (SSSR count). The van der Waals surface area contributed by atoms with Gasteiger partial charge in [0.05, 0.1) is 0 Å². The van der Waals surface area contributed by atoms with E-state index in [2.05, 4.69) is 15.1 Å². The number of halogens is 1. The first kappa shape index (κ1) is 14.6. The van der Waals surface area contributed by atoms with Crippen molar-refractivity contribution < 1.29 is 0 Å². The zero-order valence-corrected chi connectivity index (χ0v) is 12.3. The minimum atomic E-state index is 0. The van der Waals surface area contributed by atoms with Gasteiger partial charge in [0.2, 0.25) is 0 Å². The van der Waals surface area contributed by atoms with Crippen molar-refractivity contribution in [1.29, 1.82) is 0 Å². The van der Waals surface area contributed by atoms with Gasteiger partial charge in [-0.3, -0.25) is 0 Å². The molecule has 0 amide bonds. The van der Waals surface area contributed by atoms with Crippen LogP contribution in [0.15, 0.2) is 0 Å². The molecule has 1 saturated carbocycles. The predicted molar refractivity (Wildman–Crippen MR) is 78.4 cm³/mol. The Hall–Kier alpha value is 0.170. The molecule has 2 heterocycles. The number of nitrogens with zero attached hydrogens (tertiary/aromatic N) is 2. The number of hydrogen-bond acceptors (Lipinski definition) is 3. The fourth-order valence-corrected chi connectivity index (χ4v) is 3.26. The molecule has 0 spiro atoms. The Morgan fingerprint density at radius 2 is 1.44 bits per heavy atom. The molecule has 0 aromatic carbocycles. The lowest BCUT2D eigenvalue weighted by Crippen LogP contribution is -2.49. The Bertz CT molecular complexity index is 231. The van der Waals surface area contributed by atoms with E-state index in [9.17, 15) is 0 Å². The summed E-state index contributed by atoms with van der Waals surface area (Å²) >= 11 is 0. The number of piperazine rings is 1. The van der Waals surface area contributed by atoms with Crippen LogP contribution >= 0.6 is 12.4 Å². The molecule has 1 atom stereocenters. The monoisotopic (exact) mass is 273 g/mol. The molecule has 3 aliphatic rings. The van der Waals surface area contributed by atoms with Gasteiger partial charge >= 0.3 is 0 Å². The normalized spacial score (nSPS) is 31.0. The van der Waals surface area contributed by atoms with Crippen molar-refractivity contribution in [2.45, 2.75) is 25.7 Å². The van der Waals surface area contributed by atoms with Crippen LogP contribution < -0.4 is 5.32 Å². The van der Waals surface area contributed by atoms with Crippen molar-refractivity contribution in [1.82, 2.24) is 15.1 Å². The van der Waals surface area contributed by atoms with E-state index in [0.29, 0.717) is 0 Å². The summed E-state index contributed by atoms with van der Waals surface area (Å²) in [6, 6.07) is 0. The fraction of sp³-hybridized carbons (Fsp3) is 1.00. The van der Waals surface area contributed by atoms with Crippen molar-refractivity contribution >= 4 is 12.4 Å². The first-order chi connectivity index (χ1) is 8.40. The second-order valence-corrected chi connectivity index (χ2v) is 6.26. The van der Waals surface area contributed by atoms with Gasteiger partial charge < -0.3 is 15.1 Å². The van der Waals surface area contributed by atoms with E-state index in [1.54, 1.807) is 0 Å². The number of piperidine rings is 1. The lowest BCUT2D eigenvalue weighted by molar-refractivity contribution is 0.109. The van der Waals surface area contributed by atoms with Gasteiger partial charge in [-0.05, 0) is 50.6 Å². The Morgan fingerprint density at radius 1 is 0.833 bits per heavy atom. The van der Waals surface area contributed by atoms with Gasteiger partial charge in [0.15, 0.2) is 0 Å². The molecular formula is C14H28ClN3. The molecule has 2 saturated heterocycles. The Labute approximate surface area is 118 Å². The van der Waals surface area contributed by atoms with Crippen molar-refractivity contribution in [2.75, 3.05) is 52.4 Å². The molecule has 0 bridgehead atoms. The van der Waals surface area contributed by atoms with Crippen LogP contribution in [0, 0.1) is 11.8 Å². The molecule has 0 aromatic heterocycles. The zero-order valence-electron chi connectivity index (χ0n) is 11.4. The van der Waals surface area contributed by atoms with Crippen LogP contribution in [0.3, 0.4) is 0 Å². The maximum Gasteiger partial charge on any atom is 0.0110 e. The second-order valence-electron chi connectivity index (χ2n) is 6.26. The average Bonchev–Trinajstić information content (AvgIpc) is 3.17. The maximum absolute atomic E-state index is 3.53. The minimum absolute atomic E-state index is 0. The van der Waals surface area contributed by atoms with Crippen LogP contribution in [-0.4, -0.2) is 62.2 Å². The van der Waals surface area contributed by atoms with Crippen LogP contribution in [0.25, 0.3) is 0 Å². The van der Waals surface area contributed by atoms with E-state index in [4.69, 9.17) is 0 Å². The van der Waals surface area contributed by atoms with E-state index >= 15 is 0 Å². The molecular weight excluding hydrogens is 246 g/mol. The molecule has 0 radical (unpaired) electrons. The van der Waals surface area contributed by atoms with Gasteiger partial charge in [0.25, 0.3) is 0 Å². The Kier molecular flexibility index (Phi) is 5.74. The van der Waals surface area contributed by atoms with Crippen LogP contribution in [0.2, 0.25) is 0 Å². The predicted octanol–water partition coefficient (Wildman–Crippen LogP) is 1.44. The first-order valence-corrected chi connectivity index (χ1v) is 7.55. The number of nitrogens with one attached hydrogen (secondary N) is 1. The lowest BCUT2D eigenvalue weighted by atomic mass is 9.99. The smallest absolute Gasteiger partial charge is 0.0110 e. The molecule has 3 nitrogen and oxygen atoms in total. The summed E-state index contributed by atoms with van der Waals surface area (Å²) in [5, 5.41) is 3.53. The highest BCUT2D eigenvalue weighted by Gasteiger charge is 2.27. The minimum Gasteiger partial charge on any atom is -0.316 e. The Balaban J connectivity index is 0.00000120.